The fourth-order valence-electron chi connectivity index (χ4n) is 5.09. The van der Waals surface area contributed by atoms with Gasteiger partial charge in [0.25, 0.3) is 5.92 Å². The van der Waals surface area contributed by atoms with Gasteiger partial charge in [0.15, 0.2) is 0 Å². The van der Waals surface area contributed by atoms with Gasteiger partial charge in [-0.15, -0.1) is 0 Å². The highest BCUT2D eigenvalue weighted by Gasteiger charge is 2.48. The average molecular weight is 416 g/mol. The molecule has 2 nitrogen and oxygen atoms in total. The average Bonchev–Trinajstić information content (AvgIpc) is 2.69. The molecule has 3 rings (SSSR count). The van der Waals surface area contributed by atoms with Crippen molar-refractivity contribution in [3.63, 3.8) is 0 Å². The first-order valence-electron chi connectivity index (χ1n) is 10.9. The number of ether oxygens (including phenoxy) is 2. The Bertz CT molecular complexity index is 639. The molecule has 0 saturated heterocycles. The summed E-state index contributed by atoms with van der Waals surface area (Å²) in [5.74, 6) is -3.23. The molecule has 2 unspecified atom stereocenters. The van der Waals surface area contributed by atoms with Crippen LogP contribution in [0.15, 0.2) is 24.3 Å². The molecule has 0 N–H and O–H groups in total. The molecule has 2 saturated carbocycles. The Morgan fingerprint density at radius 3 is 2.03 bits per heavy atom. The van der Waals surface area contributed by atoms with Crippen LogP contribution in [-0.4, -0.2) is 18.6 Å². The number of halogens is 4. The Morgan fingerprint density at radius 1 is 0.897 bits per heavy atom. The van der Waals surface area contributed by atoms with E-state index in [1.165, 1.54) is 12.1 Å². The molecule has 1 aromatic carbocycles. The number of rotatable bonds is 7. The van der Waals surface area contributed by atoms with Gasteiger partial charge in [-0.2, -0.15) is 8.78 Å². The van der Waals surface area contributed by atoms with Crippen molar-refractivity contribution in [2.24, 2.45) is 23.7 Å². The number of hydrogen-bond acceptors (Lipinski definition) is 2. The third-order valence-corrected chi connectivity index (χ3v) is 6.81. The molecule has 0 aromatic heterocycles. The highest BCUT2D eigenvalue weighted by molar-refractivity contribution is 5.31. The van der Waals surface area contributed by atoms with Gasteiger partial charge < -0.3 is 9.47 Å². The Morgan fingerprint density at radius 2 is 1.48 bits per heavy atom. The smallest absolute Gasteiger partial charge is 0.400 e. The lowest BCUT2D eigenvalue weighted by Gasteiger charge is -2.42. The van der Waals surface area contributed by atoms with Crippen molar-refractivity contribution in [1.82, 2.24) is 0 Å². The van der Waals surface area contributed by atoms with Crippen LogP contribution < -0.4 is 9.47 Å². The van der Waals surface area contributed by atoms with Gasteiger partial charge in [0.1, 0.15) is 11.5 Å². The largest absolute Gasteiger partial charge is 0.494 e. The zero-order valence-electron chi connectivity index (χ0n) is 17.3. The fraction of sp³-hybridized carbons (Fsp3) is 0.739. The van der Waals surface area contributed by atoms with Gasteiger partial charge in [-0.25, -0.2) is 8.78 Å². The standard InChI is InChI=1S/C23H32F4O2/c1-3-18-8-7-17(15-22(18,24)25)16-5-9-19(10-6-16)23(26,27)29-21-13-11-20(12-14-21)28-4-2/h11-14,16-19H,3-10,15H2,1-2H3. The quantitative estimate of drug-likeness (QED) is 0.433. The molecule has 0 amide bonds. The van der Waals surface area contributed by atoms with E-state index in [2.05, 4.69) is 0 Å². The summed E-state index contributed by atoms with van der Waals surface area (Å²) in [5, 5.41) is 0. The molecule has 6 heteroatoms. The van der Waals surface area contributed by atoms with Crippen LogP contribution in [0, 0.1) is 23.7 Å². The second-order valence-electron chi connectivity index (χ2n) is 8.59. The molecule has 2 aliphatic carbocycles. The predicted molar refractivity (Wildman–Crippen MR) is 105 cm³/mol. The number of benzene rings is 1. The van der Waals surface area contributed by atoms with E-state index in [0.717, 1.165) is 6.42 Å². The molecule has 0 radical (unpaired) electrons. The molecule has 0 spiro atoms. The molecular formula is C23H32F4O2. The van der Waals surface area contributed by atoms with Crippen LogP contribution in [0.3, 0.4) is 0 Å². The summed E-state index contributed by atoms with van der Waals surface area (Å²) in [6.07, 6.45) is 0.272. The Balaban J connectivity index is 1.52. The number of alkyl halides is 4. The van der Waals surface area contributed by atoms with Crippen molar-refractivity contribution < 1.29 is 27.0 Å². The molecule has 2 atom stereocenters. The fourth-order valence-corrected chi connectivity index (χ4v) is 5.09. The summed E-state index contributed by atoms with van der Waals surface area (Å²) in [5.41, 5.74) is 0. The van der Waals surface area contributed by atoms with E-state index in [1.807, 2.05) is 13.8 Å². The minimum Gasteiger partial charge on any atom is -0.494 e. The predicted octanol–water partition coefficient (Wildman–Crippen LogP) is 7.32. The summed E-state index contributed by atoms with van der Waals surface area (Å²) < 4.78 is 68.3. The first-order valence-corrected chi connectivity index (χ1v) is 10.9. The summed E-state index contributed by atoms with van der Waals surface area (Å²) in [7, 11) is 0. The van der Waals surface area contributed by atoms with Crippen molar-refractivity contribution >= 4 is 0 Å². The maximum Gasteiger partial charge on any atom is 0.400 e. The molecule has 0 bridgehead atoms. The lowest BCUT2D eigenvalue weighted by atomic mass is 9.67. The van der Waals surface area contributed by atoms with E-state index in [9.17, 15) is 17.6 Å². The van der Waals surface area contributed by atoms with Crippen LogP contribution in [0.25, 0.3) is 0 Å². The van der Waals surface area contributed by atoms with Crippen molar-refractivity contribution in [2.45, 2.75) is 77.2 Å². The number of hydrogen-bond donors (Lipinski definition) is 0. The molecule has 2 fully saturated rings. The minimum absolute atomic E-state index is 0.0469. The van der Waals surface area contributed by atoms with Crippen LogP contribution in [-0.2, 0) is 0 Å². The lowest BCUT2D eigenvalue weighted by molar-refractivity contribution is -0.225. The van der Waals surface area contributed by atoms with Crippen LogP contribution in [0.1, 0.15) is 65.2 Å². The van der Waals surface area contributed by atoms with Crippen LogP contribution in [0.4, 0.5) is 17.6 Å². The van der Waals surface area contributed by atoms with Crippen molar-refractivity contribution in [3.05, 3.63) is 24.3 Å². The molecule has 164 valence electrons. The van der Waals surface area contributed by atoms with Crippen LogP contribution >= 0.6 is 0 Å². The van der Waals surface area contributed by atoms with Crippen molar-refractivity contribution in [3.8, 4) is 11.5 Å². The van der Waals surface area contributed by atoms with E-state index in [1.54, 1.807) is 12.1 Å². The van der Waals surface area contributed by atoms with Gasteiger partial charge in [-0.1, -0.05) is 6.92 Å². The van der Waals surface area contributed by atoms with Crippen molar-refractivity contribution in [1.29, 1.82) is 0 Å². The van der Waals surface area contributed by atoms with Crippen LogP contribution in [0.2, 0.25) is 0 Å². The first kappa shape index (κ1) is 22.2. The molecule has 0 heterocycles. The second kappa shape index (κ2) is 9.13. The van der Waals surface area contributed by atoms with E-state index in [4.69, 9.17) is 9.47 Å². The lowest BCUT2D eigenvalue weighted by Crippen LogP contribution is -2.41. The monoisotopic (exact) mass is 416 g/mol. The van der Waals surface area contributed by atoms with Gasteiger partial charge in [0, 0.05) is 12.3 Å². The summed E-state index contributed by atoms with van der Waals surface area (Å²) >= 11 is 0. The highest BCUT2D eigenvalue weighted by atomic mass is 19.3. The minimum atomic E-state index is -3.26. The molecule has 2 aliphatic rings. The van der Waals surface area contributed by atoms with Gasteiger partial charge in [0.2, 0.25) is 0 Å². The molecule has 29 heavy (non-hydrogen) atoms. The molecule has 1 aromatic rings. The van der Waals surface area contributed by atoms with Crippen molar-refractivity contribution in [2.75, 3.05) is 6.61 Å². The Labute approximate surface area is 171 Å². The van der Waals surface area contributed by atoms with Gasteiger partial charge in [-0.3, -0.25) is 0 Å². The maximum atomic E-state index is 14.7. The normalized spacial score (nSPS) is 30.0. The third kappa shape index (κ3) is 5.37. The summed E-state index contributed by atoms with van der Waals surface area (Å²) in [4.78, 5) is 0. The van der Waals surface area contributed by atoms with E-state index in [0.29, 0.717) is 50.9 Å². The third-order valence-electron chi connectivity index (χ3n) is 6.81. The molecular weight excluding hydrogens is 384 g/mol. The zero-order valence-corrected chi connectivity index (χ0v) is 17.3. The SMILES string of the molecule is CCOc1ccc(OC(F)(F)C2CCC(C3CCC(CC)C(F)(F)C3)CC2)cc1. The Kier molecular flexibility index (Phi) is 7.00. The summed E-state index contributed by atoms with van der Waals surface area (Å²) in [6, 6.07) is 6.19. The van der Waals surface area contributed by atoms with E-state index < -0.39 is 23.9 Å². The van der Waals surface area contributed by atoms with Gasteiger partial charge in [-0.05, 0) is 88.0 Å². The zero-order chi connectivity index (χ0) is 21.1. The maximum absolute atomic E-state index is 14.7. The van der Waals surface area contributed by atoms with Gasteiger partial charge in [0.05, 0.1) is 12.5 Å². The van der Waals surface area contributed by atoms with Crippen LogP contribution in [0.5, 0.6) is 11.5 Å². The highest BCUT2D eigenvalue weighted by Crippen LogP contribution is 2.50. The van der Waals surface area contributed by atoms with E-state index >= 15 is 0 Å². The second-order valence-corrected chi connectivity index (χ2v) is 8.59. The molecule has 0 aliphatic heterocycles. The van der Waals surface area contributed by atoms with Gasteiger partial charge >= 0.3 is 6.11 Å². The van der Waals surface area contributed by atoms with E-state index in [-0.39, 0.29) is 24.0 Å². The summed E-state index contributed by atoms with van der Waals surface area (Å²) in [6.45, 7) is 4.17. The topological polar surface area (TPSA) is 18.5 Å². The first-order chi connectivity index (χ1) is 13.7. The Hall–Kier alpha value is -1.46.